The molecule has 82 valence electrons. The summed E-state index contributed by atoms with van der Waals surface area (Å²) in [6, 6.07) is 6.16. The highest BCUT2D eigenvalue weighted by Crippen LogP contribution is 2.29. The Labute approximate surface area is 90.7 Å². The molecule has 0 aromatic heterocycles. The summed E-state index contributed by atoms with van der Waals surface area (Å²) in [6.07, 6.45) is 3.58. The molecule has 2 heteroatoms. The highest BCUT2D eigenvalue weighted by atomic mass is 19.1. The minimum Gasteiger partial charge on any atom is -0.307 e. The molecule has 0 spiro atoms. The number of hydrogen-bond acceptors (Lipinski definition) is 1. The molecular weight excluding hydrogens is 189 g/mol. The number of benzene rings is 1. The SMILES string of the molecule is CC[C@H]1CC[C@@H](c2ccc(F)cc2C)N1. The molecule has 15 heavy (non-hydrogen) atoms. The first-order valence-corrected chi connectivity index (χ1v) is 5.72. The Morgan fingerprint density at radius 3 is 2.80 bits per heavy atom. The molecule has 0 aliphatic carbocycles. The summed E-state index contributed by atoms with van der Waals surface area (Å²) in [7, 11) is 0. The van der Waals surface area contributed by atoms with Gasteiger partial charge in [-0.2, -0.15) is 0 Å². The van der Waals surface area contributed by atoms with Crippen molar-refractivity contribution in [2.24, 2.45) is 0 Å². The summed E-state index contributed by atoms with van der Waals surface area (Å²) < 4.78 is 13.0. The van der Waals surface area contributed by atoms with E-state index in [1.54, 1.807) is 12.1 Å². The largest absolute Gasteiger partial charge is 0.307 e. The first-order valence-electron chi connectivity index (χ1n) is 5.72. The quantitative estimate of drug-likeness (QED) is 0.784. The predicted molar refractivity (Wildman–Crippen MR) is 60.3 cm³/mol. The first kappa shape index (κ1) is 10.6. The molecular formula is C13H18FN. The lowest BCUT2D eigenvalue weighted by Crippen LogP contribution is -2.23. The standard InChI is InChI=1S/C13H18FN/c1-3-11-5-7-13(15-11)12-6-4-10(14)8-9(12)2/h4,6,8,11,13,15H,3,5,7H2,1-2H3/t11-,13-/m0/s1. The van der Waals surface area contributed by atoms with Gasteiger partial charge < -0.3 is 5.32 Å². The van der Waals surface area contributed by atoms with E-state index in [1.165, 1.54) is 24.8 Å². The minimum absolute atomic E-state index is 0.138. The summed E-state index contributed by atoms with van der Waals surface area (Å²) in [6.45, 7) is 4.19. The molecule has 1 fully saturated rings. The van der Waals surface area contributed by atoms with E-state index in [0.717, 1.165) is 5.56 Å². The zero-order valence-corrected chi connectivity index (χ0v) is 9.39. The fraction of sp³-hybridized carbons (Fsp3) is 0.538. The van der Waals surface area contributed by atoms with Gasteiger partial charge in [-0.15, -0.1) is 0 Å². The van der Waals surface area contributed by atoms with E-state index >= 15 is 0 Å². The smallest absolute Gasteiger partial charge is 0.123 e. The van der Waals surface area contributed by atoms with Crippen molar-refractivity contribution in [2.45, 2.75) is 45.2 Å². The highest BCUT2D eigenvalue weighted by Gasteiger charge is 2.24. The molecule has 1 N–H and O–H groups in total. The van der Waals surface area contributed by atoms with Crippen LogP contribution in [0.1, 0.15) is 43.4 Å². The topological polar surface area (TPSA) is 12.0 Å². The molecule has 1 aromatic carbocycles. The summed E-state index contributed by atoms with van der Waals surface area (Å²) >= 11 is 0. The van der Waals surface area contributed by atoms with Gasteiger partial charge in [0.15, 0.2) is 0 Å². The van der Waals surface area contributed by atoms with Gasteiger partial charge in [-0.05, 0) is 49.4 Å². The second kappa shape index (κ2) is 4.31. The molecule has 2 rings (SSSR count). The van der Waals surface area contributed by atoms with Crippen molar-refractivity contribution in [1.82, 2.24) is 5.32 Å². The lowest BCUT2D eigenvalue weighted by atomic mass is 10.00. The number of nitrogens with one attached hydrogen (secondary N) is 1. The highest BCUT2D eigenvalue weighted by molar-refractivity contribution is 5.30. The number of halogens is 1. The van der Waals surface area contributed by atoms with Crippen molar-refractivity contribution < 1.29 is 4.39 Å². The van der Waals surface area contributed by atoms with Crippen molar-refractivity contribution in [3.63, 3.8) is 0 Å². The molecule has 0 unspecified atom stereocenters. The summed E-state index contributed by atoms with van der Waals surface area (Å²) in [5, 5.41) is 3.59. The van der Waals surface area contributed by atoms with Crippen LogP contribution in [0.15, 0.2) is 18.2 Å². The van der Waals surface area contributed by atoms with Crippen molar-refractivity contribution in [1.29, 1.82) is 0 Å². The van der Waals surface area contributed by atoms with Gasteiger partial charge in [-0.1, -0.05) is 13.0 Å². The van der Waals surface area contributed by atoms with Crippen LogP contribution in [0.5, 0.6) is 0 Å². The summed E-state index contributed by atoms with van der Waals surface area (Å²) in [5.74, 6) is -0.138. The average Bonchev–Trinajstić information content (AvgIpc) is 2.66. The average molecular weight is 207 g/mol. The van der Waals surface area contributed by atoms with Gasteiger partial charge in [0.1, 0.15) is 5.82 Å². The Bertz CT molecular complexity index is 348. The van der Waals surface area contributed by atoms with E-state index in [0.29, 0.717) is 12.1 Å². The Morgan fingerprint density at radius 1 is 1.40 bits per heavy atom. The van der Waals surface area contributed by atoms with Crippen LogP contribution in [0.4, 0.5) is 4.39 Å². The van der Waals surface area contributed by atoms with Crippen LogP contribution in [0.2, 0.25) is 0 Å². The van der Waals surface area contributed by atoms with Crippen LogP contribution in [0.3, 0.4) is 0 Å². The maximum atomic E-state index is 13.0. The summed E-state index contributed by atoms with van der Waals surface area (Å²) in [4.78, 5) is 0. The molecule has 0 amide bonds. The van der Waals surface area contributed by atoms with E-state index in [-0.39, 0.29) is 5.82 Å². The number of rotatable bonds is 2. The van der Waals surface area contributed by atoms with Crippen LogP contribution in [0.25, 0.3) is 0 Å². The van der Waals surface area contributed by atoms with Crippen molar-refractivity contribution in [3.8, 4) is 0 Å². The molecule has 0 saturated carbocycles. The molecule has 1 nitrogen and oxygen atoms in total. The van der Waals surface area contributed by atoms with Gasteiger partial charge >= 0.3 is 0 Å². The van der Waals surface area contributed by atoms with E-state index in [2.05, 4.69) is 12.2 Å². The van der Waals surface area contributed by atoms with Crippen LogP contribution >= 0.6 is 0 Å². The number of hydrogen-bond donors (Lipinski definition) is 1. The van der Waals surface area contributed by atoms with E-state index < -0.39 is 0 Å². The van der Waals surface area contributed by atoms with Gasteiger partial charge in [0, 0.05) is 12.1 Å². The Morgan fingerprint density at radius 2 is 2.20 bits per heavy atom. The van der Waals surface area contributed by atoms with Crippen LogP contribution in [0, 0.1) is 12.7 Å². The van der Waals surface area contributed by atoms with Crippen molar-refractivity contribution in [3.05, 3.63) is 35.1 Å². The fourth-order valence-electron chi connectivity index (χ4n) is 2.42. The predicted octanol–water partition coefficient (Wildman–Crippen LogP) is 3.34. The third-order valence-electron chi connectivity index (χ3n) is 3.34. The molecule has 1 aromatic rings. The molecule has 2 atom stereocenters. The maximum absolute atomic E-state index is 13.0. The second-order valence-corrected chi connectivity index (χ2v) is 4.40. The van der Waals surface area contributed by atoms with Crippen molar-refractivity contribution >= 4 is 0 Å². The molecule has 1 aliphatic rings. The van der Waals surface area contributed by atoms with Crippen LogP contribution in [-0.4, -0.2) is 6.04 Å². The monoisotopic (exact) mass is 207 g/mol. The molecule has 0 bridgehead atoms. The maximum Gasteiger partial charge on any atom is 0.123 e. The molecule has 1 heterocycles. The first-order chi connectivity index (χ1) is 7.20. The summed E-state index contributed by atoms with van der Waals surface area (Å²) in [5.41, 5.74) is 2.32. The molecule has 1 saturated heterocycles. The fourth-order valence-corrected chi connectivity index (χ4v) is 2.42. The lowest BCUT2D eigenvalue weighted by molar-refractivity contribution is 0.537. The van der Waals surface area contributed by atoms with E-state index in [4.69, 9.17) is 0 Å². The molecule has 0 radical (unpaired) electrons. The van der Waals surface area contributed by atoms with Gasteiger partial charge in [-0.3, -0.25) is 0 Å². The van der Waals surface area contributed by atoms with Gasteiger partial charge in [0.05, 0.1) is 0 Å². The second-order valence-electron chi connectivity index (χ2n) is 4.40. The number of aryl methyl sites for hydroxylation is 1. The zero-order valence-electron chi connectivity index (χ0n) is 9.39. The van der Waals surface area contributed by atoms with Crippen LogP contribution < -0.4 is 5.32 Å². The van der Waals surface area contributed by atoms with E-state index in [1.807, 2.05) is 13.0 Å². The third-order valence-corrected chi connectivity index (χ3v) is 3.34. The Kier molecular flexibility index (Phi) is 3.06. The van der Waals surface area contributed by atoms with Gasteiger partial charge in [-0.25, -0.2) is 4.39 Å². The van der Waals surface area contributed by atoms with E-state index in [9.17, 15) is 4.39 Å². The van der Waals surface area contributed by atoms with Gasteiger partial charge in [0.2, 0.25) is 0 Å². The van der Waals surface area contributed by atoms with Crippen LogP contribution in [-0.2, 0) is 0 Å². The lowest BCUT2D eigenvalue weighted by Gasteiger charge is -2.15. The normalized spacial score (nSPS) is 25.8. The minimum atomic E-state index is -0.138. The van der Waals surface area contributed by atoms with Gasteiger partial charge in [0.25, 0.3) is 0 Å². The Hall–Kier alpha value is -0.890. The Balaban J connectivity index is 2.17. The third kappa shape index (κ3) is 2.20. The zero-order chi connectivity index (χ0) is 10.8. The molecule has 1 aliphatic heterocycles. The van der Waals surface area contributed by atoms with Crippen molar-refractivity contribution in [2.75, 3.05) is 0 Å².